The molecule has 2 aliphatic carbocycles. The van der Waals surface area contributed by atoms with E-state index >= 15 is 0 Å². The van der Waals surface area contributed by atoms with Crippen molar-refractivity contribution in [2.75, 3.05) is 31.5 Å². The van der Waals surface area contributed by atoms with Gasteiger partial charge in [-0.1, -0.05) is 11.6 Å². The number of aliphatic hydroxyl groups is 1. The van der Waals surface area contributed by atoms with Crippen LogP contribution in [0.4, 0.5) is 17.5 Å². The van der Waals surface area contributed by atoms with Gasteiger partial charge in [-0.05, 0) is 50.4 Å². The molecule has 182 valence electrons. The Morgan fingerprint density at radius 3 is 2.32 bits per heavy atom. The first-order valence-corrected chi connectivity index (χ1v) is 12.2. The Hall–Kier alpha value is -2.78. The van der Waals surface area contributed by atoms with E-state index in [1.165, 1.54) is 12.8 Å². The van der Waals surface area contributed by atoms with Crippen LogP contribution < -0.4 is 20.1 Å². The minimum atomic E-state index is 0.262. The number of hydrogen-bond donors (Lipinski definition) is 3. The van der Waals surface area contributed by atoms with Crippen LogP contribution in [-0.4, -0.2) is 51.5 Å². The number of methoxy groups -OCH3 is 2. The predicted molar refractivity (Wildman–Crippen MR) is 132 cm³/mol. The van der Waals surface area contributed by atoms with Gasteiger partial charge < -0.3 is 29.8 Å². The monoisotopic (exact) mass is 486 g/mol. The number of fused-ring (bicyclic) bond motifs is 1. The molecule has 1 aromatic carbocycles. The third-order valence-electron chi connectivity index (χ3n) is 6.76. The third-order valence-corrected chi connectivity index (χ3v) is 7.13. The molecule has 5 rings (SSSR count). The minimum absolute atomic E-state index is 0.262. The lowest BCUT2D eigenvalue weighted by molar-refractivity contribution is 0.185. The van der Waals surface area contributed by atoms with Crippen molar-refractivity contribution in [3.63, 3.8) is 0 Å². The summed E-state index contributed by atoms with van der Waals surface area (Å²) in [6.45, 7) is 1.17. The van der Waals surface area contributed by atoms with Crippen molar-refractivity contribution in [2.24, 2.45) is 11.8 Å². The number of anilines is 3. The highest BCUT2D eigenvalue weighted by Gasteiger charge is 2.25. The van der Waals surface area contributed by atoms with E-state index in [1.807, 2.05) is 18.5 Å². The fourth-order valence-corrected chi connectivity index (χ4v) is 4.82. The first-order valence-electron chi connectivity index (χ1n) is 11.9. The fourth-order valence-electron chi connectivity index (χ4n) is 4.56. The summed E-state index contributed by atoms with van der Waals surface area (Å²) in [5.74, 6) is 3.29. The van der Waals surface area contributed by atoms with Crippen molar-refractivity contribution in [3.8, 4) is 11.5 Å². The number of rotatable bonds is 9. The summed E-state index contributed by atoms with van der Waals surface area (Å²) in [7, 11) is 3.14. The Morgan fingerprint density at radius 1 is 1.03 bits per heavy atom. The average molecular weight is 487 g/mol. The maximum atomic E-state index is 9.45. The second kappa shape index (κ2) is 9.84. The SMILES string of the molecule is COc1cc(Nc2nc(NC3CCC(CO)CC3)nc3c2ncn3CC2CC2)cc(OC)c1Cl. The first kappa shape index (κ1) is 23.0. The van der Waals surface area contributed by atoms with Gasteiger partial charge in [0, 0.05) is 37.0 Å². The van der Waals surface area contributed by atoms with Crippen LogP contribution in [0.5, 0.6) is 11.5 Å². The van der Waals surface area contributed by atoms with Crippen molar-refractivity contribution in [3.05, 3.63) is 23.5 Å². The van der Waals surface area contributed by atoms with Crippen LogP contribution in [0.3, 0.4) is 0 Å². The number of nitrogens with one attached hydrogen (secondary N) is 2. The molecular formula is C24H31ClN6O3. The van der Waals surface area contributed by atoms with Crippen LogP contribution in [0.2, 0.25) is 5.02 Å². The molecule has 2 fully saturated rings. The molecule has 0 unspecified atom stereocenters. The Bertz CT molecular complexity index is 1130. The second-order valence-corrected chi connectivity index (χ2v) is 9.65. The summed E-state index contributed by atoms with van der Waals surface area (Å²) < 4.78 is 13.0. The summed E-state index contributed by atoms with van der Waals surface area (Å²) >= 11 is 6.35. The number of nitrogens with zero attached hydrogens (tertiary/aromatic N) is 4. The van der Waals surface area contributed by atoms with Crippen molar-refractivity contribution >= 4 is 40.2 Å². The lowest BCUT2D eigenvalue weighted by Crippen LogP contribution is -2.28. The highest BCUT2D eigenvalue weighted by Crippen LogP contribution is 2.39. The zero-order valence-electron chi connectivity index (χ0n) is 19.6. The van der Waals surface area contributed by atoms with Crippen LogP contribution in [0.15, 0.2) is 18.5 Å². The zero-order valence-corrected chi connectivity index (χ0v) is 20.3. The zero-order chi connectivity index (χ0) is 23.7. The number of benzene rings is 1. The van der Waals surface area contributed by atoms with E-state index < -0.39 is 0 Å². The molecule has 3 aromatic rings. The van der Waals surface area contributed by atoms with E-state index in [1.54, 1.807) is 14.2 Å². The molecular weight excluding hydrogens is 456 g/mol. The molecule has 2 aliphatic rings. The first-order chi connectivity index (χ1) is 16.6. The number of imidazole rings is 1. The molecule has 0 bridgehead atoms. The molecule has 10 heteroatoms. The molecule has 2 aromatic heterocycles. The summed E-state index contributed by atoms with van der Waals surface area (Å²) in [6.07, 6.45) is 8.34. The van der Waals surface area contributed by atoms with Gasteiger partial charge in [-0.2, -0.15) is 9.97 Å². The van der Waals surface area contributed by atoms with Gasteiger partial charge in [0.25, 0.3) is 0 Å². The lowest BCUT2D eigenvalue weighted by atomic mass is 9.87. The van der Waals surface area contributed by atoms with Crippen LogP contribution in [0.25, 0.3) is 11.2 Å². The van der Waals surface area contributed by atoms with E-state index in [4.69, 9.17) is 31.0 Å². The quantitative estimate of drug-likeness (QED) is 0.402. The lowest BCUT2D eigenvalue weighted by Gasteiger charge is -2.28. The normalized spacial score (nSPS) is 20.4. The number of hydrogen-bond acceptors (Lipinski definition) is 8. The van der Waals surface area contributed by atoms with Crippen molar-refractivity contribution in [1.82, 2.24) is 19.5 Å². The van der Waals surface area contributed by atoms with E-state index in [-0.39, 0.29) is 12.6 Å². The Balaban J connectivity index is 1.48. The van der Waals surface area contributed by atoms with Crippen molar-refractivity contribution in [2.45, 2.75) is 51.1 Å². The molecule has 3 N–H and O–H groups in total. The van der Waals surface area contributed by atoms with Gasteiger partial charge in [-0.15, -0.1) is 0 Å². The largest absolute Gasteiger partial charge is 0.495 e. The van der Waals surface area contributed by atoms with E-state index in [0.717, 1.165) is 43.6 Å². The van der Waals surface area contributed by atoms with Crippen LogP contribution in [0, 0.1) is 11.8 Å². The molecule has 34 heavy (non-hydrogen) atoms. The Labute approximate surface area is 203 Å². The van der Waals surface area contributed by atoms with Crippen LogP contribution in [-0.2, 0) is 6.54 Å². The fraction of sp³-hybridized carbons (Fsp3) is 0.542. The van der Waals surface area contributed by atoms with Gasteiger partial charge >= 0.3 is 0 Å². The molecule has 0 saturated heterocycles. The third kappa shape index (κ3) is 4.86. The number of aromatic nitrogens is 4. The summed E-state index contributed by atoms with van der Waals surface area (Å²) in [6, 6.07) is 3.90. The Morgan fingerprint density at radius 2 is 1.71 bits per heavy atom. The molecule has 0 amide bonds. The van der Waals surface area contributed by atoms with E-state index in [9.17, 15) is 5.11 Å². The van der Waals surface area contributed by atoms with Gasteiger partial charge in [0.15, 0.2) is 17.0 Å². The molecule has 0 atom stereocenters. The summed E-state index contributed by atoms with van der Waals surface area (Å²) in [5, 5.41) is 16.8. The molecule has 2 heterocycles. The molecule has 0 spiro atoms. The summed E-state index contributed by atoms with van der Waals surface area (Å²) in [4.78, 5) is 14.3. The van der Waals surface area contributed by atoms with Gasteiger partial charge in [-0.3, -0.25) is 0 Å². The second-order valence-electron chi connectivity index (χ2n) is 9.27. The van der Waals surface area contributed by atoms with E-state index in [2.05, 4.69) is 20.2 Å². The average Bonchev–Trinajstić information content (AvgIpc) is 3.59. The smallest absolute Gasteiger partial charge is 0.227 e. The maximum Gasteiger partial charge on any atom is 0.227 e. The topological polar surface area (TPSA) is 106 Å². The number of ether oxygens (including phenoxy) is 2. The van der Waals surface area contributed by atoms with Crippen LogP contribution >= 0.6 is 11.6 Å². The standard InChI is InChI=1S/C24H31ClN6O3/c1-33-18-9-17(10-19(34-2)20(18)25)27-22-21-23(31(13-26-21)11-14-3-4-14)30-24(29-22)28-16-7-5-15(12-32)6-8-16/h9-10,13-16,32H,3-8,11-12H2,1-2H3,(H2,27,28,29,30). The number of aliphatic hydroxyl groups excluding tert-OH is 1. The van der Waals surface area contributed by atoms with Crippen molar-refractivity contribution < 1.29 is 14.6 Å². The predicted octanol–water partition coefficient (Wildman–Crippen LogP) is 4.61. The highest BCUT2D eigenvalue weighted by atomic mass is 35.5. The van der Waals surface area contributed by atoms with Gasteiger partial charge in [-0.25, -0.2) is 4.98 Å². The number of halogens is 1. The van der Waals surface area contributed by atoms with Gasteiger partial charge in [0.1, 0.15) is 16.5 Å². The molecule has 9 nitrogen and oxygen atoms in total. The van der Waals surface area contributed by atoms with Gasteiger partial charge in [0.2, 0.25) is 5.95 Å². The molecule has 0 radical (unpaired) electrons. The summed E-state index contributed by atoms with van der Waals surface area (Å²) in [5.41, 5.74) is 2.25. The Kier molecular flexibility index (Phi) is 6.65. The maximum absolute atomic E-state index is 9.45. The van der Waals surface area contributed by atoms with Crippen molar-refractivity contribution in [1.29, 1.82) is 0 Å². The van der Waals surface area contributed by atoms with E-state index in [0.29, 0.717) is 45.6 Å². The molecule has 0 aliphatic heterocycles. The molecule has 2 saturated carbocycles. The highest BCUT2D eigenvalue weighted by molar-refractivity contribution is 6.33. The van der Waals surface area contributed by atoms with Gasteiger partial charge in [0.05, 0.1) is 20.5 Å². The van der Waals surface area contributed by atoms with Crippen LogP contribution in [0.1, 0.15) is 38.5 Å². The minimum Gasteiger partial charge on any atom is -0.495 e.